The highest BCUT2D eigenvalue weighted by Gasteiger charge is 2.23. The van der Waals surface area contributed by atoms with Gasteiger partial charge in [0.2, 0.25) is 5.91 Å². The monoisotopic (exact) mass is 257 g/mol. The van der Waals surface area contributed by atoms with E-state index < -0.39 is 0 Å². The van der Waals surface area contributed by atoms with Gasteiger partial charge in [0.05, 0.1) is 19.6 Å². The number of esters is 1. The maximum Gasteiger partial charge on any atom is 0.306 e. The number of carbonyl (C=O) groups is 2. The lowest BCUT2D eigenvalue weighted by Crippen LogP contribution is -2.41. The lowest BCUT2D eigenvalue weighted by molar-refractivity contribution is -0.146. The molecule has 1 aliphatic rings. The Labute approximate surface area is 108 Å². The molecule has 0 radical (unpaired) electrons. The van der Waals surface area contributed by atoms with Gasteiger partial charge in [0.1, 0.15) is 0 Å². The molecule has 1 fully saturated rings. The zero-order chi connectivity index (χ0) is 13.4. The van der Waals surface area contributed by atoms with Crippen LogP contribution in [0, 0.1) is 5.92 Å². The molecule has 0 bridgehead atoms. The fraction of sp³-hybridized carbons (Fsp3) is 0.846. The highest BCUT2D eigenvalue weighted by Crippen LogP contribution is 2.17. The molecule has 1 saturated heterocycles. The average molecular weight is 257 g/mol. The number of methoxy groups -OCH3 is 1. The van der Waals surface area contributed by atoms with Crippen molar-refractivity contribution in [2.45, 2.75) is 32.6 Å². The number of hydrogen-bond acceptors (Lipinski definition) is 4. The van der Waals surface area contributed by atoms with Crippen LogP contribution in [0.15, 0.2) is 0 Å². The molecule has 0 aromatic heterocycles. The number of likely N-dealkylation sites (tertiary alicyclic amines) is 1. The van der Waals surface area contributed by atoms with Gasteiger partial charge in [-0.15, -0.1) is 0 Å². The van der Waals surface area contributed by atoms with Crippen LogP contribution in [0.3, 0.4) is 0 Å². The van der Waals surface area contributed by atoms with E-state index in [-0.39, 0.29) is 24.7 Å². The van der Waals surface area contributed by atoms with E-state index >= 15 is 0 Å². The molecular weight excluding hydrogens is 234 g/mol. The van der Waals surface area contributed by atoms with Gasteiger partial charge in [-0.1, -0.05) is 0 Å². The topological polar surface area (TPSA) is 55.8 Å². The van der Waals surface area contributed by atoms with Gasteiger partial charge in [0.15, 0.2) is 0 Å². The molecule has 1 rings (SSSR count). The average Bonchev–Trinajstić information content (AvgIpc) is 2.37. The van der Waals surface area contributed by atoms with Gasteiger partial charge in [-0.05, 0) is 25.7 Å². The Bertz CT molecular complexity index is 278. The van der Waals surface area contributed by atoms with E-state index in [9.17, 15) is 9.59 Å². The first-order valence-corrected chi connectivity index (χ1v) is 6.59. The Morgan fingerprint density at radius 3 is 2.78 bits per heavy atom. The van der Waals surface area contributed by atoms with Crippen molar-refractivity contribution in [1.82, 2.24) is 4.90 Å². The SMILES string of the molecule is CCOC(=O)CCC(=O)N1CCCC(COC)C1. The number of ether oxygens (including phenoxy) is 2. The summed E-state index contributed by atoms with van der Waals surface area (Å²) in [4.78, 5) is 25.0. The quantitative estimate of drug-likeness (QED) is 0.671. The largest absolute Gasteiger partial charge is 0.466 e. The molecular formula is C13H23NO4. The summed E-state index contributed by atoms with van der Waals surface area (Å²) in [6.07, 6.45) is 2.55. The lowest BCUT2D eigenvalue weighted by Gasteiger charge is -2.32. The Kier molecular flexibility index (Phi) is 6.72. The zero-order valence-electron chi connectivity index (χ0n) is 11.3. The molecule has 0 aromatic rings. The lowest BCUT2D eigenvalue weighted by atomic mass is 9.98. The van der Waals surface area contributed by atoms with Crippen LogP contribution in [0.1, 0.15) is 32.6 Å². The molecule has 1 amide bonds. The molecule has 0 spiro atoms. The normalized spacial score (nSPS) is 19.7. The number of piperidine rings is 1. The van der Waals surface area contributed by atoms with Crippen molar-refractivity contribution in [1.29, 1.82) is 0 Å². The zero-order valence-corrected chi connectivity index (χ0v) is 11.3. The number of hydrogen-bond donors (Lipinski definition) is 0. The second-order valence-electron chi connectivity index (χ2n) is 4.61. The van der Waals surface area contributed by atoms with E-state index in [0.29, 0.717) is 19.1 Å². The van der Waals surface area contributed by atoms with Crippen LogP contribution < -0.4 is 0 Å². The predicted molar refractivity (Wildman–Crippen MR) is 67.0 cm³/mol. The van der Waals surface area contributed by atoms with Crippen LogP contribution >= 0.6 is 0 Å². The van der Waals surface area contributed by atoms with Gasteiger partial charge >= 0.3 is 5.97 Å². The second kappa shape index (κ2) is 8.08. The van der Waals surface area contributed by atoms with E-state index in [1.54, 1.807) is 14.0 Å². The Balaban J connectivity index is 2.30. The fourth-order valence-electron chi connectivity index (χ4n) is 2.26. The second-order valence-corrected chi connectivity index (χ2v) is 4.61. The minimum atomic E-state index is -0.295. The molecule has 0 saturated carbocycles. The van der Waals surface area contributed by atoms with Crippen LogP contribution in [0.2, 0.25) is 0 Å². The summed E-state index contributed by atoms with van der Waals surface area (Å²) in [5.41, 5.74) is 0. The van der Waals surface area contributed by atoms with E-state index in [2.05, 4.69) is 0 Å². The van der Waals surface area contributed by atoms with E-state index in [1.165, 1.54) is 0 Å². The molecule has 0 aliphatic carbocycles. The van der Waals surface area contributed by atoms with Gasteiger partial charge in [-0.25, -0.2) is 0 Å². The van der Waals surface area contributed by atoms with Gasteiger partial charge in [0, 0.05) is 26.6 Å². The summed E-state index contributed by atoms with van der Waals surface area (Å²) in [5, 5.41) is 0. The summed E-state index contributed by atoms with van der Waals surface area (Å²) in [6.45, 7) is 4.37. The van der Waals surface area contributed by atoms with Gasteiger partial charge < -0.3 is 14.4 Å². The van der Waals surface area contributed by atoms with Crippen molar-refractivity contribution in [3.63, 3.8) is 0 Å². The van der Waals surface area contributed by atoms with Crippen LogP contribution in [0.25, 0.3) is 0 Å². The first-order valence-electron chi connectivity index (χ1n) is 6.59. The smallest absolute Gasteiger partial charge is 0.306 e. The van der Waals surface area contributed by atoms with Gasteiger partial charge in [-0.3, -0.25) is 9.59 Å². The standard InChI is InChI=1S/C13H23NO4/c1-3-18-13(16)7-6-12(15)14-8-4-5-11(9-14)10-17-2/h11H,3-10H2,1-2H3. The van der Waals surface area contributed by atoms with Crippen LogP contribution in [0.4, 0.5) is 0 Å². The number of amides is 1. The molecule has 5 heteroatoms. The van der Waals surface area contributed by atoms with E-state index in [4.69, 9.17) is 9.47 Å². The molecule has 0 aromatic carbocycles. The number of nitrogens with zero attached hydrogens (tertiary/aromatic N) is 1. The van der Waals surface area contributed by atoms with Gasteiger partial charge in [0.25, 0.3) is 0 Å². The summed E-state index contributed by atoms with van der Waals surface area (Å²) in [6, 6.07) is 0. The third kappa shape index (κ3) is 5.04. The third-order valence-corrected chi connectivity index (χ3v) is 3.12. The Morgan fingerprint density at radius 1 is 1.33 bits per heavy atom. The molecule has 5 nitrogen and oxygen atoms in total. The number of carbonyl (C=O) groups excluding carboxylic acids is 2. The molecule has 1 atom stereocenters. The molecule has 0 N–H and O–H groups in total. The molecule has 1 aliphatic heterocycles. The van der Waals surface area contributed by atoms with Crippen molar-refractivity contribution in [2.24, 2.45) is 5.92 Å². The third-order valence-electron chi connectivity index (χ3n) is 3.12. The van der Waals surface area contributed by atoms with Crippen molar-refractivity contribution in [3.05, 3.63) is 0 Å². The van der Waals surface area contributed by atoms with E-state index in [0.717, 1.165) is 25.9 Å². The first kappa shape index (κ1) is 15.0. The van der Waals surface area contributed by atoms with Crippen LogP contribution in [-0.4, -0.2) is 50.2 Å². The van der Waals surface area contributed by atoms with Gasteiger partial charge in [-0.2, -0.15) is 0 Å². The van der Waals surface area contributed by atoms with Crippen molar-refractivity contribution in [2.75, 3.05) is 33.4 Å². The maximum absolute atomic E-state index is 11.9. The first-order chi connectivity index (χ1) is 8.67. The maximum atomic E-state index is 11.9. The minimum absolute atomic E-state index is 0.0452. The highest BCUT2D eigenvalue weighted by atomic mass is 16.5. The predicted octanol–water partition coefficient (Wildman–Crippen LogP) is 1.21. The van der Waals surface area contributed by atoms with Crippen molar-refractivity contribution < 1.29 is 19.1 Å². The summed E-state index contributed by atoms with van der Waals surface area (Å²) >= 11 is 0. The minimum Gasteiger partial charge on any atom is -0.466 e. The fourth-order valence-corrected chi connectivity index (χ4v) is 2.26. The van der Waals surface area contributed by atoms with E-state index in [1.807, 2.05) is 4.90 Å². The molecule has 104 valence electrons. The summed E-state index contributed by atoms with van der Waals surface area (Å²) < 4.78 is 9.94. The molecule has 18 heavy (non-hydrogen) atoms. The van der Waals surface area contributed by atoms with Crippen LogP contribution in [0.5, 0.6) is 0 Å². The summed E-state index contributed by atoms with van der Waals surface area (Å²) in [7, 11) is 1.68. The number of rotatable bonds is 6. The molecule has 1 unspecified atom stereocenters. The Hall–Kier alpha value is -1.10. The van der Waals surface area contributed by atoms with Crippen LogP contribution in [-0.2, 0) is 19.1 Å². The van der Waals surface area contributed by atoms with Crippen molar-refractivity contribution in [3.8, 4) is 0 Å². The Morgan fingerprint density at radius 2 is 2.11 bits per heavy atom. The highest BCUT2D eigenvalue weighted by molar-refractivity contribution is 5.81. The molecule has 1 heterocycles. The van der Waals surface area contributed by atoms with Crippen molar-refractivity contribution >= 4 is 11.9 Å². The summed E-state index contributed by atoms with van der Waals surface area (Å²) in [5.74, 6) is 0.176.